The summed E-state index contributed by atoms with van der Waals surface area (Å²) in [7, 11) is 0. The summed E-state index contributed by atoms with van der Waals surface area (Å²) >= 11 is 15.6. The lowest BCUT2D eigenvalue weighted by Gasteiger charge is -2.07. The minimum atomic E-state index is -0.985. The van der Waals surface area contributed by atoms with Crippen LogP contribution in [0.3, 0.4) is 0 Å². The number of carbonyl (C=O) groups is 1. The third-order valence-corrected chi connectivity index (χ3v) is 4.63. The number of aromatic carboxylic acids is 1. The van der Waals surface area contributed by atoms with Crippen molar-refractivity contribution in [2.24, 2.45) is 0 Å². The number of alkyl halides is 1. The summed E-state index contributed by atoms with van der Waals surface area (Å²) in [4.78, 5) is 11.3. The molecule has 0 aliphatic heterocycles. The van der Waals surface area contributed by atoms with Crippen molar-refractivity contribution in [3.05, 3.63) is 57.1 Å². The molecule has 0 aromatic heterocycles. The van der Waals surface area contributed by atoms with Crippen molar-refractivity contribution in [3.63, 3.8) is 0 Å². The fourth-order valence-electron chi connectivity index (χ4n) is 2.44. The average Bonchev–Trinajstić information content (AvgIpc) is 2.62. The van der Waals surface area contributed by atoms with E-state index in [2.05, 4.69) is 15.9 Å². The van der Waals surface area contributed by atoms with Crippen LogP contribution < -0.4 is 0 Å². The lowest BCUT2D eigenvalue weighted by atomic mass is 9.99. The maximum absolute atomic E-state index is 11.4. The zero-order valence-corrected chi connectivity index (χ0v) is 12.6. The Labute approximate surface area is 128 Å². The van der Waals surface area contributed by atoms with E-state index in [1.807, 2.05) is 12.1 Å². The zero-order chi connectivity index (χ0) is 13.7. The maximum Gasteiger partial charge on any atom is 0.336 e. The molecule has 1 N–H and O–H groups in total. The van der Waals surface area contributed by atoms with Crippen LogP contribution in [0.4, 0.5) is 0 Å². The van der Waals surface area contributed by atoms with E-state index in [0.29, 0.717) is 15.6 Å². The number of rotatable bonds is 1. The minimum absolute atomic E-state index is 0.0898. The SMILES string of the molecule is O=C(O)c1cc(Cl)cc2c1-c1ccc(Cl)cc1[C@H]2Br. The molecule has 0 amide bonds. The highest BCUT2D eigenvalue weighted by atomic mass is 79.9. The lowest BCUT2D eigenvalue weighted by molar-refractivity contribution is 0.0697. The summed E-state index contributed by atoms with van der Waals surface area (Å²) in [5, 5.41) is 10.4. The van der Waals surface area contributed by atoms with Gasteiger partial charge in [0.05, 0.1) is 10.4 Å². The van der Waals surface area contributed by atoms with Crippen molar-refractivity contribution < 1.29 is 9.90 Å². The van der Waals surface area contributed by atoms with Gasteiger partial charge in [-0.2, -0.15) is 0 Å². The van der Waals surface area contributed by atoms with Crippen LogP contribution in [-0.2, 0) is 0 Å². The molecule has 3 rings (SSSR count). The van der Waals surface area contributed by atoms with E-state index in [0.717, 1.165) is 16.7 Å². The van der Waals surface area contributed by atoms with E-state index >= 15 is 0 Å². The van der Waals surface area contributed by atoms with E-state index in [-0.39, 0.29) is 10.4 Å². The number of carboxylic acid groups (broad SMARTS) is 1. The molecule has 1 aliphatic rings. The Balaban J connectivity index is 2.38. The van der Waals surface area contributed by atoms with Gasteiger partial charge in [-0.05, 0) is 41.0 Å². The predicted octanol–water partition coefficient (Wildman–Crippen LogP) is 5.16. The van der Waals surface area contributed by atoms with Crippen molar-refractivity contribution in [1.29, 1.82) is 0 Å². The Kier molecular flexibility index (Phi) is 3.08. The highest BCUT2D eigenvalue weighted by Crippen LogP contribution is 2.50. The highest BCUT2D eigenvalue weighted by Gasteiger charge is 2.31. The number of halogens is 3. The molecule has 1 atom stereocenters. The van der Waals surface area contributed by atoms with Crippen molar-refractivity contribution in [3.8, 4) is 11.1 Å². The third-order valence-electron chi connectivity index (χ3n) is 3.19. The highest BCUT2D eigenvalue weighted by molar-refractivity contribution is 9.09. The summed E-state index contributed by atoms with van der Waals surface area (Å²) in [6, 6.07) is 8.71. The van der Waals surface area contributed by atoms with Crippen LogP contribution in [0.2, 0.25) is 10.0 Å². The fourth-order valence-corrected chi connectivity index (χ4v) is 3.58. The largest absolute Gasteiger partial charge is 0.478 e. The average molecular weight is 358 g/mol. The van der Waals surface area contributed by atoms with Gasteiger partial charge in [-0.3, -0.25) is 0 Å². The van der Waals surface area contributed by atoms with Crippen LogP contribution in [0.25, 0.3) is 11.1 Å². The predicted molar refractivity (Wildman–Crippen MR) is 79.6 cm³/mol. The molecule has 2 aromatic rings. The van der Waals surface area contributed by atoms with Crippen LogP contribution in [-0.4, -0.2) is 11.1 Å². The van der Waals surface area contributed by atoms with Gasteiger partial charge in [0.25, 0.3) is 0 Å². The summed E-state index contributed by atoms with van der Waals surface area (Å²) < 4.78 is 0. The van der Waals surface area contributed by atoms with Crippen molar-refractivity contribution in [2.45, 2.75) is 4.83 Å². The molecule has 0 fully saturated rings. The first-order chi connectivity index (χ1) is 8.99. The van der Waals surface area contributed by atoms with Crippen LogP contribution >= 0.6 is 39.1 Å². The fraction of sp³-hybridized carbons (Fsp3) is 0.0714. The molecule has 0 spiro atoms. The van der Waals surface area contributed by atoms with Crippen molar-refractivity contribution in [2.75, 3.05) is 0 Å². The topological polar surface area (TPSA) is 37.3 Å². The smallest absolute Gasteiger partial charge is 0.336 e. The van der Waals surface area contributed by atoms with Gasteiger partial charge in [0.15, 0.2) is 0 Å². The molecule has 96 valence electrons. The van der Waals surface area contributed by atoms with Crippen LogP contribution in [0.1, 0.15) is 26.3 Å². The second kappa shape index (κ2) is 4.51. The van der Waals surface area contributed by atoms with Gasteiger partial charge in [0, 0.05) is 15.6 Å². The first kappa shape index (κ1) is 13.0. The van der Waals surface area contributed by atoms with Gasteiger partial charge in [0.2, 0.25) is 0 Å². The monoisotopic (exact) mass is 356 g/mol. The van der Waals surface area contributed by atoms with Gasteiger partial charge in [-0.1, -0.05) is 45.2 Å². The molecule has 1 aliphatic carbocycles. The van der Waals surface area contributed by atoms with Gasteiger partial charge in [0.1, 0.15) is 0 Å². The lowest BCUT2D eigenvalue weighted by Crippen LogP contribution is -2.00. The number of fused-ring (bicyclic) bond motifs is 3. The zero-order valence-electron chi connectivity index (χ0n) is 9.45. The summed E-state index contributed by atoms with van der Waals surface area (Å²) in [5.74, 6) is -0.985. The van der Waals surface area contributed by atoms with E-state index in [4.69, 9.17) is 23.2 Å². The Morgan fingerprint density at radius 2 is 1.79 bits per heavy atom. The summed E-state index contributed by atoms with van der Waals surface area (Å²) in [6.45, 7) is 0. The molecule has 19 heavy (non-hydrogen) atoms. The molecule has 0 bridgehead atoms. The van der Waals surface area contributed by atoms with Gasteiger partial charge < -0.3 is 5.11 Å². The minimum Gasteiger partial charge on any atom is -0.478 e. The molecule has 5 heteroatoms. The number of hydrogen-bond donors (Lipinski definition) is 1. The number of benzene rings is 2. The summed E-state index contributed by atoms with van der Waals surface area (Å²) in [5.41, 5.74) is 3.64. The normalized spacial score (nSPS) is 16.1. The van der Waals surface area contributed by atoms with Crippen LogP contribution in [0, 0.1) is 0 Å². The molecule has 0 saturated carbocycles. The second-order valence-electron chi connectivity index (χ2n) is 4.32. The molecule has 2 aromatic carbocycles. The third kappa shape index (κ3) is 1.97. The first-order valence-corrected chi connectivity index (χ1v) is 7.17. The Morgan fingerprint density at radius 1 is 1.11 bits per heavy atom. The quantitative estimate of drug-likeness (QED) is 0.716. The van der Waals surface area contributed by atoms with Crippen LogP contribution in [0.15, 0.2) is 30.3 Å². The molecular formula is C14H7BrCl2O2. The van der Waals surface area contributed by atoms with Gasteiger partial charge >= 0.3 is 5.97 Å². The Hall–Kier alpha value is -1.03. The van der Waals surface area contributed by atoms with E-state index in [1.54, 1.807) is 12.1 Å². The van der Waals surface area contributed by atoms with Crippen molar-refractivity contribution in [1.82, 2.24) is 0 Å². The number of carboxylic acids is 1. The Bertz CT molecular complexity index is 713. The summed E-state index contributed by atoms with van der Waals surface area (Å²) in [6.07, 6.45) is 0. The molecule has 0 heterocycles. The first-order valence-electron chi connectivity index (χ1n) is 5.49. The van der Waals surface area contributed by atoms with Crippen LogP contribution in [0.5, 0.6) is 0 Å². The van der Waals surface area contributed by atoms with Gasteiger partial charge in [-0.15, -0.1) is 0 Å². The molecule has 0 saturated heterocycles. The van der Waals surface area contributed by atoms with E-state index < -0.39 is 5.97 Å². The maximum atomic E-state index is 11.4. The van der Waals surface area contributed by atoms with Crippen molar-refractivity contribution >= 4 is 45.1 Å². The standard InChI is InChI=1S/C14H7BrCl2O2/c15-13-9-3-6(16)1-2-8(9)12-10(13)4-7(17)5-11(12)14(18)19/h1-5,13H,(H,18,19)/t13-/m1/s1. The Morgan fingerprint density at radius 3 is 2.47 bits per heavy atom. The van der Waals surface area contributed by atoms with E-state index in [1.165, 1.54) is 6.07 Å². The molecular weight excluding hydrogens is 351 g/mol. The van der Waals surface area contributed by atoms with E-state index in [9.17, 15) is 9.90 Å². The molecule has 0 radical (unpaired) electrons. The number of hydrogen-bond acceptors (Lipinski definition) is 1. The molecule has 0 unspecified atom stereocenters. The second-order valence-corrected chi connectivity index (χ2v) is 6.11. The molecule has 2 nitrogen and oxygen atoms in total. The van der Waals surface area contributed by atoms with Gasteiger partial charge in [-0.25, -0.2) is 4.79 Å².